The van der Waals surface area contributed by atoms with Crippen LogP contribution in [0.15, 0.2) is 110 Å². The molecule has 3 N–H and O–H groups in total. The van der Waals surface area contributed by atoms with Crippen LogP contribution in [0.3, 0.4) is 0 Å². The minimum atomic E-state index is -0.440. The van der Waals surface area contributed by atoms with E-state index in [1.165, 1.54) is 0 Å². The van der Waals surface area contributed by atoms with Crippen LogP contribution in [0.25, 0.3) is 33.6 Å². The van der Waals surface area contributed by atoms with Gasteiger partial charge in [0.2, 0.25) is 17.8 Å². The summed E-state index contributed by atoms with van der Waals surface area (Å²) in [7, 11) is 0. The Kier molecular flexibility index (Phi) is 10.3. The van der Waals surface area contributed by atoms with Gasteiger partial charge in [-0.25, -0.2) is 19.9 Å². The Hall–Kier alpha value is -6.10. The number of aromatic amines is 2. The van der Waals surface area contributed by atoms with E-state index in [9.17, 15) is 9.59 Å². The van der Waals surface area contributed by atoms with Gasteiger partial charge in [-0.15, -0.1) is 0 Å². The summed E-state index contributed by atoms with van der Waals surface area (Å²) >= 11 is 0. The summed E-state index contributed by atoms with van der Waals surface area (Å²) in [5.41, 5.74) is 7.17. The number of amides is 2. The molecule has 3 aromatic heterocycles. The molecule has 3 aromatic carbocycles. The zero-order valence-corrected chi connectivity index (χ0v) is 31.5. The molecule has 0 aliphatic carbocycles. The first kappa shape index (κ1) is 35.9. The number of nitrogens with one attached hydrogen (secondary N) is 3. The first-order valence-electron chi connectivity index (χ1n) is 19.3. The topological polar surface area (TPSA) is 136 Å². The summed E-state index contributed by atoms with van der Waals surface area (Å²) in [5, 5.41) is 3.25. The fourth-order valence-electron chi connectivity index (χ4n) is 7.96. The highest BCUT2D eigenvalue weighted by Gasteiger charge is 2.37. The van der Waals surface area contributed by atoms with Crippen LogP contribution in [0.4, 0.5) is 5.95 Å². The van der Waals surface area contributed by atoms with Gasteiger partial charge in [0.15, 0.2) is 0 Å². The predicted octanol–water partition coefficient (Wildman–Crippen LogP) is 8.19. The molecule has 5 heterocycles. The maximum atomic E-state index is 13.8. The summed E-state index contributed by atoms with van der Waals surface area (Å²) in [6.45, 7) is 7.48. The van der Waals surface area contributed by atoms with Gasteiger partial charge in [0.05, 0.1) is 41.8 Å². The van der Waals surface area contributed by atoms with E-state index in [1.54, 1.807) is 18.5 Å². The number of likely N-dealkylation sites (tertiary alicyclic amines) is 2. The number of benzene rings is 3. The average molecular weight is 734 g/mol. The van der Waals surface area contributed by atoms with E-state index < -0.39 is 6.04 Å². The highest BCUT2D eigenvalue weighted by molar-refractivity contribution is 5.85. The Bertz CT molecular complexity index is 2220. The molecule has 2 saturated heterocycles. The molecule has 11 nitrogen and oxygen atoms in total. The van der Waals surface area contributed by atoms with Crippen LogP contribution in [0, 0.1) is 5.92 Å². The first-order valence-corrected chi connectivity index (χ1v) is 19.3. The molecule has 4 atom stereocenters. The van der Waals surface area contributed by atoms with Crippen molar-refractivity contribution in [3.05, 3.63) is 127 Å². The quantitative estimate of drug-likeness (QED) is 0.122. The zero-order chi connectivity index (χ0) is 37.9. The third-order valence-corrected chi connectivity index (χ3v) is 11.1. The molecular weight excluding hydrogens is 687 g/mol. The van der Waals surface area contributed by atoms with Gasteiger partial charge in [0, 0.05) is 25.5 Å². The molecular formula is C44H47N9O2. The van der Waals surface area contributed by atoms with Gasteiger partial charge >= 0.3 is 0 Å². The number of imidazole rings is 2. The number of aromatic nitrogens is 6. The Morgan fingerprint density at radius 3 is 1.64 bits per heavy atom. The number of nitrogens with zero attached hydrogens (tertiary/aromatic N) is 6. The highest BCUT2D eigenvalue weighted by Crippen LogP contribution is 2.36. The number of hydrogen-bond acceptors (Lipinski definition) is 7. The lowest BCUT2D eigenvalue weighted by Gasteiger charge is -2.30. The standard InChI is InChI=1S/C44H47N9O2/c1-28(2)39(51-44-45-22-9-23-46-44)43(55)53-25-8-13-38(53)41-48-27-36(50-41)34-20-16-32(17-21-34)31-14-18-33(19-15-31)35-26-47-40(49-35)37-12-7-24-52(37)42(54)29(3)30-10-5-4-6-11-30/h4-6,9-11,14-23,26-29,37-39H,7-8,12-13,24-25H2,1-3H3,(H,47,49)(H,48,50)(H,45,46,51)/t29-,37+,38+,39-/m1/s1. The molecule has 2 aliphatic heterocycles. The fourth-order valence-corrected chi connectivity index (χ4v) is 7.96. The van der Waals surface area contributed by atoms with Crippen LogP contribution in [0.5, 0.6) is 0 Å². The van der Waals surface area contributed by atoms with Crippen LogP contribution >= 0.6 is 0 Å². The zero-order valence-electron chi connectivity index (χ0n) is 31.5. The molecule has 0 spiro atoms. The van der Waals surface area contributed by atoms with Crippen LogP contribution < -0.4 is 5.32 Å². The molecule has 6 aromatic rings. The van der Waals surface area contributed by atoms with Gasteiger partial charge < -0.3 is 25.1 Å². The van der Waals surface area contributed by atoms with Crippen molar-refractivity contribution in [3.8, 4) is 33.6 Å². The summed E-state index contributed by atoms with van der Waals surface area (Å²) in [5.74, 6) is 2.13. The van der Waals surface area contributed by atoms with Crippen LogP contribution in [-0.4, -0.2) is 70.6 Å². The number of rotatable bonds is 11. The van der Waals surface area contributed by atoms with Crippen molar-refractivity contribution in [2.75, 3.05) is 18.4 Å². The van der Waals surface area contributed by atoms with Crippen LogP contribution in [0.2, 0.25) is 0 Å². The molecule has 0 bridgehead atoms. The molecule has 280 valence electrons. The van der Waals surface area contributed by atoms with E-state index in [4.69, 9.17) is 9.97 Å². The van der Waals surface area contributed by atoms with E-state index in [-0.39, 0.29) is 35.7 Å². The number of carbonyl (C=O) groups excluding carboxylic acids is 2. The molecule has 2 fully saturated rings. The minimum absolute atomic E-state index is 0.0346. The molecule has 11 heteroatoms. The summed E-state index contributed by atoms with van der Waals surface area (Å²) < 4.78 is 0. The van der Waals surface area contributed by atoms with Crippen molar-refractivity contribution in [2.24, 2.45) is 5.92 Å². The van der Waals surface area contributed by atoms with Crippen molar-refractivity contribution in [3.63, 3.8) is 0 Å². The Labute approximate surface area is 321 Å². The van der Waals surface area contributed by atoms with Crippen molar-refractivity contribution in [2.45, 2.75) is 70.5 Å². The Morgan fingerprint density at radius 2 is 1.13 bits per heavy atom. The first-order chi connectivity index (χ1) is 26.8. The Morgan fingerprint density at radius 1 is 0.636 bits per heavy atom. The second-order valence-corrected chi connectivity index (χ2v) is 15.0. The van der Waals surface area contributed by atoms with Crippen molar-refractivity contribution in [1.82, 2.24) is 39.7 Å². The molecule has 0 saturated carbocycles. The lowest BCUT2D eigenvalue weighted by molar-refractivity contribution is -0.134. The van der Waals surface area contributed by atoms with Crippen molar-refractivity contribution in [1.29, 1.82) is 0 Å². The van der Waals surface area contributed by atoms with Crippen molar-refractivity contribution >= 4 is 17.8 Å². The average Bonchev–Trinajstić information content (AvgIpc) is 4.07. The number of H-pyrrole nitrogens is 2. The van der Waals surface area contributed by atoms with E-state index in [1.807, 2.05) is 73.3 Å². The number of anilines is 1. The number of carbonyl (C=O) groups is 2. The van der Waals surface area contributed by atoms with Crippen molar-refractivity contribution < 1.29 is 9.59 Å². The summed E-state index contributed by atoms with van der Waals surface area (Å²) in [4.78, 5) is 56.4. The van der Waals surface area contributed by atoms with Gasteiger partial charge in [-0.2, -0.15) is 0 Å². The lowest BCUT2D eigenvalue weighted by Crippen LogP contribution is -2.45. The Balaban J connectivity index is 0.915. The largest absolute Gasteiger partial charge is 0.342 e. The van der Waals surface area contributed by atoms with E-state index in [0.29, 0.717) is 12.5 Å². The van der Waals surface area contributed by atoms with Gasteiger partial charge in [-0.3, -0.25) is 9.59 Å². The van der Waals surface area contributed by atoms with Gasteiger partial charge in [0.25, 0.3) is 0 Å². The van der Waals surface area contributed by atoms with Gasteiger partial charge in [0.1, 0.15) is 17.7 Å². The molecule has 2 amide bonds. The normalized spacial score (nSPS) is 18.1. The van der Waals surface area contributed by atoms with Crippen LogP contribution in [0.1, 0.15) is 81.7 Å². The molecule has 0 radical (unpaired) electrons. The molecule has 0 unspecified atom stereocenters. The summed E-state index contributed by atoms with van der Waals surface area (Å²) in [6.07, 6.45) is 10.7. The van der Waals surface area contributed by atoms with Gasteiger partial charge in [-0.05, 0) is 72.4 Å². The molecule has 8 rings (SSSR count). The second kappa shape index (κ2) is 15.7. The van der Waals surface area contributed by atoms with E-state index >= 15 is 0 Å². The predicted molar refractivity (Wildman–Crippen MR) is 214 cm³/mol. The maximum Gasteiger partial charge on any atom is 0.246 e. The van der Waals surface area contributed by atoms with Gasteiger partial charge in [-0.1, -0.05) is 92.7 Å². The minimum Gasteiger partial charge on any atom is -0.342 e. The SMILES string of the molecule is CC(C)[C@@H](Nc1ncccn1)C(=O)N1CCC[C@H]1c1ncc(-c2ccc(-c3ccc(-c4cnc([C@@H]5CCCN5C(=O)[C@H](C)c5ccccc5)[nH]4)cc3)cc2)[nH]1. The second-order valence-electron chi connectivity index (χ2n) is 15.0. The fraction of sp³-hybridized carbons (Fsp3) is 0.318. The summed E-state index contributed by atoms with van der Waals surface area (Å²) in [6, 6.07) is 28.1. The van der Waals surface area contributed by atoms with E-state index in [0.717, 1.165) is 83.1 Å². The van der Waals surface area contributed by atoms with E-state index in [2.05, 4.69) is 73.8 Å². The molecule has 2 aliphatic rings. The third-order valence-electron chi connectivity index (χ3n) is 11.1. The smallest absolute Gasteiger partial charge is 0.246 e. The van der Waals surface area contributed by atoms with Crippen LogP contribution in [-0.2, 0) is 9.59 Å². The number of hydrogen-bond donors (Lipinski definition) is 3. The molecule has 55 heavy (non-hydrogen) atoms. The maximum absolute atomic E-state index is 13.8. The highest BCUT2D eigenvalue weighted by atomic mass is 16.2. The third kappa shape index (κ3) is 7.51. The monoisotopic (exact) mass is 733 g/mol. The lowest BCUT2D eigenvalue weighted by atomic mass is 9.99.